The van der Waals surface area contributed by atoms with Crippen LogP contribution in [-0.4, -0.2) is 31.1 Å². The average Bonchev–Trinajstić information content (AvgIpc) is 2.92. The molecule has 0 aliphatic carbocycles. The van der Waals surface area contributed by atoms with Crippen molar-refractivity contribution in [3.63, 3.8) is 0 Å². The van der Waals surface area contributed by atoms with Crippen LogP contribution >= 0.6 is 35.3 Å². The predicted molar refractivity (Wildman–Crippen MR) is 126 cm³/mol. The number of aromatic nitrogens is 1. The summed E-state index contributed by atoms with van der Waals surface area (Å²) in [6, 6.07) is 6.33. The zero-order chi connectivity index (χ0) is 19.1. The van der Waals surface area contributed by atoms with Gasteiger partial charge in [-0.2, -0.15) is 0 Å². The Hall–Kier alpha value is -1.35. The molecule has 0 aliphatic rings. The molecular formula is C20H31IN4OS. The molecule has 7 heteroatoms. The molecule has 2 rings (SSSR count). The Bertz CT molecular complexity index is 760. The number of benzene rings is 1. The van der Waals surface area contributed by atoms with Gasteiger partial charge < -0.3 is 15.4 Å². The fourth-order valence-corrected chi connectivity index (χ4v) is 3.80. The first-order valence-corrected chi connectivity index (χ1v) is 9.88. The second kappa shape index (κ2) is 11.5. The quantitative estimate of drug-likeness (QED) is 0.331. The number of hydrogen-bond donors (Lipinski definition) is 2. The SMILES string of the molecule is CCNC(=NCCc1sc(C)nc1C)NC(C)c1cc(C)ccc1OC.I. The first-order valence-electron chi connectivity index (χ1n) is 9.06. The topological polar surface area (TPSA) is 58.5 Å². The van der Waals surface area contributed by atoms with Gasteiger partial charge in [0.15, 0.2) is 5.96 Å². The number of rotatable bonds is 7. The summed E-state index contributed by atoms with van der Waals surface area (Å²) in [7, 11) is 1.71. The Kier molecular flexibility index (Phi) is 10.1. The van der Waals surface area contributed by atoms with Crippen molar-refractivity contribution in [2.24, 2.45) is 4.99 Å². The van der Waals surface area contributed by atoms with Gasteiger partial charge in [-0.05, 0) is 40.7 Å². The van der Waals surface area contributed by atoms with Crippen molar-refractivity contribution in [1.29, 1.82) is 0 Å². The normalized spacial score (nSPS) is 12.3. The van der Waals surface area contributed by atoms with E-state index in [1.165, 1.54) is 10.4 Å². The molecule has 2 aromatic rings. The number of halogens is 1. The van der Waals surface area contributed by atoms with Gasteiger partial charge in [0.05, 0.1) is 23.9 Å². The summed E-state index contributed by atoms with van der Waals surface area (Å²) in [5.74, 6) is 1.71. The molecule has 0 bridgehead atoms. The predicted octanol–water partition coefficient (Wildman–Crippen LogP) is 4.55. The summed E-state index contributed by atoms with van der Waals surface area (Å²) < 4.78 is 5.51. The number of hydrogen-bond acceptors (Lipinski definition) is 4. The molecule has 0 saturated carbocycles. The number of methoxy groups -OCH3 is 1. The van der Waals surface area contributed by atoms with Crippen molar-refractivity contribution in [2.45, 2.75) is 47.1 Å². The van der Waals surface area contributed by atoms with Crippen LogP contribution in [-0.2, 0) is 6.42 Å². The molecule has 0 amide bonds. The largest absolute Gasteiger partial charge is 0.496 e. The molecule has 0 spiro atoms. The van der Waals surface area contributed by atoms with Crippen LogP contribution < -0.4 is 15.4 Å². The monoisotopic (exact) mass is 502 g/mol. The van der Waals surface area contributed by atoms with Crippen molar-refractivity contribution in [3.8, 4) is 5.75 Å². The first-order chi connectivity index (χ1) is 12.4. The highest BCUT2D eigenvalue weighted by Crippen LogP contribution is 2.26. The molecule has 1 aromatic carbocycles. The summed E-state index contributed by atoms with van der Waals surface area (Å²) in [6.07, 6.45) is 0.913. The molecule has 0 radical (unpaired) electrons. The van der Waals surface area contributed by atoms with Crippen LogP contribution in [0.5, 0.6) is 5.75 Å². The van der Waals surface area contributed by atoms with Gasteiger partial charge in [0.25, 0.3) is 0 Å². The lowest BCUT2D eigenvalue weighted by molar-refractivity contribution is 0.405. The van der Waals surface area contributed by atoms with Crippen LogP contribution in [0.15, 0.2) is 23.2 Å². The van der Waals surface area contributed by atoms with Crippen LogP contribution in [0, 0.1) is 20.8 Å². The Labute approximate surface area is 184 Å². The smallest absolute Gasteiger partial charge is 0.191 e. The van der Waals surface area contributed by atoms with Gasteiger partial charge in [0.1, 0.15) is 5.75 Å². The third-order valence-corrected chi connectivity index (χ3v) is 5.29. The molecule has 0 fully saturated rings. The van der Waals surface area contributed by atoms with Gasteiger partial charge in [-0.25, -0.2) is 4.98 Å². The zero-order valence-corrected chi connectivity index (χ0v) is 20.2. The van der Waals surface area contributed by atoms with Crippen molar-refractivity contribution >= 4 is 41.3 Å². The van der Waals surface area contributed by atoms with Gasteiger partial charge in [0, 0.05) is 30.0 Å². The van der Waals surface area contributed by atoms with Crippen molar-refractivity contribution in [1.82, 2.24) is 15.6 Å². The third kappa shape index (κ3) is 6.95. The van der Waals surface area contributed by atoms with Crippen LogP contribution in [0.25, 0.3) is 0 Å². The number of nitrogens with one attached hydrogen (secondary N) is 2. The molecular weight excluding hydrogens is 471 g/mol. The van der Waals surface area contributed by atoms with E-state index in [2.05, 4.69) is 55.4 Å². The highest BCUT2D eigenvalue weighted by atomic mass is 127. The Morgan fingerprint density at radius 3 is 2.63 bits per heavy atom. The van der Waals surface area contributed by atoms with E-state index in [1.54, 1.807) is 18.4 Å². The van der Waals surface area contributed by atoms with E-state index in [1.807, 2.05) is 13.0 Å². The summed E-state index contributed by atoms with van der Waals surface area (Å²) in [5, 5.41) is 7.93. The first kappa shape index (κ1) is 23.7. The second-order valence-electron chi connectivity index (χ2n) is 6.36. The van der Waals surface area contributed by atoms with Crippen LogP contribution in [0.1, 0.15) is 46.6 Å². The van der Waals surface area contributed by atoms with E-state index in [-0.39, 0.29) is 30.0 Å². The minimum Gasteiger partial charge on any atom is -0.496 e. The lowest BCUT2D eigenvalue weighted by Crippen LogP contribution is -2.39. The van der Waals surface area contributed by atoms with E-state index in [4.69, 9.17) is 9.73 Å². The van der Waals surface area contributed by atoms with E-state index in [0.29, 0.717) is 0 Å². The fraction of sp³-hybridized carbons (Fsp3) is 0.500. The van der Waals surface area contributed by atoms with E-state index in [0.717, 1.165) is 47.5 Å². The standard InChI is InChI=1S/C20H30N4OS.HI/c1-7-21-20(22-11-10-19-15(4)23-16(5)26-19)24-14(3)17-12-13(2)8-9-18(17)25-6;/h8-9,12,14H,7,10-11H2,1-6H3,(H2,21,22,24);1H. The van der Waals surface area contributed by atoms with E-state index in [9.17, 15) is 0 Å². The minimum absolute atomic E-state index is 0. The van der Waals surface area contributed by atoms with Crippen molar-refractivity contribution < 1.29 is 4.74 Å². The fourth-order valence-electron chi connectivity index (χ4n) is 2.87. The third-order valence-electron chi connectivity index (χ3n) is 4.16. The molecule has 27 heavy (non-hydrogen) atoms. The molecule has 5 nitrogen and oxygen atoms in total. The van der Waals surface area contributed by atoms with Crippen LogP contribution in [0.2, 0.25) is 0 Å². The van der Waals surface area contributed by atoms with E-state index >= 15 is 0 Å². The van der Waals surface area contributed by atoms with Crippen LogP contribution in [0.4, 0.5) is 0 Å². The number of aliphatic imine (C=N–C) groups is 1. The molecule has 2 N–H and O–H groups in total. The number of guanidine groups is 1. The lowest BCUT2D eigenvalue weighted by Gasteiger charge is -2.20. The minimum atomic E-state index is 0. The van der Waals surface area contributed by atoms with Gasteiger partial charge in [-0.3, -0.25) is 4.99 Å². The number of thiazole rings is 1. The van der Waals surface area contributed by atoms with Gasteiger partial charge in [-0.1, -0.05) is 17.7 Å². The van der Waals surface area contributed by atoms with Gasteiger partial charge in [-0.15, -0.1) is 35.3 Å². The van der Waals surface area contributed by atoms with Crippen LogP contribution in [0.3, 0.4) is 0 Å². The Morgan fingerprint density at radius 2 is 2.04 bits per heavy atom. The molecule has 0 saturated heterocycles. The molecule has 0 aliphatic heterocycles. The number of aryl methyl sites for hydroxylation is 3. The molecule has 1 heterocycles. The maximum atomic E-state index is 5.51. The summed E-state index contributed by atoms with van der Waals surface area (Å²) in [5.41, 5.74) is 3.47. The van der Waals surface area contributed by atoms with Crippen molar-refractivity contribution in [3.05, 3.63) is 44.9 Å². The Morgan fingerprint density at radius 1 is 1.30 bits per heavy atom. The Balaban J connectivity index is 0.00000364. The maximum Gasteiger partial charge on any atom is 0.191 e. The number of nitrogens with zero attached hydrogens (tertiary/aromatic N) is 2. The maximum absolute atomic E-state index is 5.51. The average molecular weight is 502 g/mol. The highest BCUT2D eigenvalue weighted by Gasteiger charge is 2.13. The zero-order valence-electron chi connectivity index (χ0n) is 17.0. The molecule has 1 aromatic heterocycles. The molecule has 1 unspecified atom stereocenters. The van der Waals surface area contributed by atoms with E-state index < -0.39 is 0 Å². The van der Waals surface area contributed by atoms with Crippen molar-refractivity contribution in [2.75, 3.05) is 20.2 Å². The second-order valence-corrected chi connectivity index (χ2v) is 7.65. The summed E-state index contributed by atoms with van der Waals surface area (Å²) in [6.45, 7) is 12.0. The van der Waals surface area contributed by atoms with Gasteiger partial charge >= 0.3 is 0 Å². The molecule has 150 valence electrons. The van der Waals surface area contributed by atoms with Gasteiger partial charge in [0.2, 0.25) is 0 Å². The lowest BCUT2D eigenvalue weighted by atomic mass is 10.0. The molecule has 1 atom stereocenters. The summed E-state index contributed by atoms with van der Waals surface area (Å²) in [4.78, 5) is 10.5. The highest BCUT2D eigenvalue weighted by molar-refractivity contribution is 14.0. The summed E-state index contributed by atoms with van der Waals surface area (Å²) >= 11 is 1.76. The number of ether oxygens (including phenoxy) is 1.